The van der Waals surface area contributed by atoms with E-state index in [9.17, 15) is 4.79 Å². The minimum atomic E-state index is -0.200. The fraction of sp³-hybridized carbons (Fsp3) is 0.154. The lowest BCUT2D eigenvalue weighted by Gasteiger charge is -2.16. The normalized spacial score (nSPS) is 9.95. The van der Waals surface area contributed by atoms with Crippen LogP contribution < -0.4 is 0 Å². The van der Waals surface area contributed by atoms with Crippen LogP contribution in [0.15, 0.2) is 34.4 Å². The average Bonchev–Trinajstić information content (AvgIpc) is 2.83. The summed E-state index contributed by atoms with van der Waals surface area (Å²) in [5, 5.41) is 11.0. The zero-order chi connectivity index (χ0) is 13.8. The van der Waals surface area contributed by atoms with Crippen LogP contribution in [0.5, 0.6) is 0 Å². The second-order valence-corrected chi connectivity index (χ2v) is 5.84. The smallest absolute Gasteiger partial charge is 0.256 e. The summed E-state index contributed by atoms with van der Waals surface area (Å²) < 4.78 is 1.01. The van der Waals surface area contributed by atoms with Crippen LogP contribution in [0.1, 0.15) is 20.8 Å². The van der Waals surface area contributed by atoms with Crippen LogP contribution in [0.2, 0.25) is 0 Å². The lowest BCUT2D eigenvalue weighted by Crippen LogP contribution is -2.26. The number of hydrogen-bond acceptors (Lipinski definition) is 4. The van der Waals surface area contributed by atoms with E-state index in [1.54, 1.807) is 29.4 Å². The fourth-order valence-corrected chi connectivity index (χ4v) is 3.11. The lowest BCUT2D eigenvalue weighted by molar-refractivity contribution is 0.0785. The molecule has 0 radical (unpaired) electrons. The number of aromatic nitrogens is 1. The molecule has 0 aliphatic rings. The average molecular weight is 336 g/mol. The Hall–Kier alpha value is -1.71. The van der Waals surface area contributed by atoms with Crippen LogP contribution in [0.3, 0.4) is 0 Å². The minimum Gasteiger partial charge on any atom is -0.336 e. The molecule has 0 aliphatic heterocycles. The molecule has 2 rings (SSSR count). The number of carbonyl (C=O) groups excluding carboxylic acids is 1. The zero-order valence-corrected chi connectivity index (χ0v) is 12.5. The monoisotopic (exact) mass is 335 g/mol. The van der Waals surface area contributed by atoms with Gasteiger partial charge in [0.25, 0.3) is 5.91 Å². The maximum absolute atomic E-state index is 12.3. The Morgan fingerprint density at radius 1 is 1.63 bits per heavy atom. The Labute approximate surface area is 123 Å². The molecule has 0 fully saturated rings. The molecule has 0 saturated heterocycles. The van der Waals surface area contributed by atoms with Crippen LogP contribution in [0.25, 0.3) is 0 Å². The molecular weight excluding hydrogens is 326 g/mol. The van der Waals surface area contributed by atoms with Crippen molar-refractivity contribution in [3.05, 3.63) is 50.4 Å². The van der Waals surface area contributed by atoms with E-state index in [4.69, 9.17) is 5.26 Å². The number of thiophene rings is 1. The fourth-order valence-electron chi connectivity index (χ4n) is 1.61. The predicted molar refractivity (Wildman–Crippen MR) is 76.8 cm³/mol. The molecule has 2 aromatic heterocycles. The predicted octanol–water partition coefficient (Wildman–Crippen LogP) is 3.05. The minimum absolute atomic E-state index is 0.200. The summed E-state index contributed by atoms with van der Waals surface area (Å²) >= 11 is 4.96. The summed E-state index contributed by atoms with van der Waals surface area (Å²) in [5.41, 5.74) is 0.683. The molecule has 0 aliphatic carbocycles. The molecule has 96 valence electrons. The molecule has 4 nitrogen and oxygen atoms in total. The maximum Gasteiger partial charge on any atom is 0.256 e. The molecular formula is C13H10BrN3OS. The molecule has 0 aromatic carbocycles. The molecule has 0 N–H and O–H groups in total. The van der Waals surface area contributed by atoms with E-state index in [2.05, 4.69) is 20.9 Å². The molecule has 0 saturated carbocycles. The van der Waals surface area contributed by atoms with Gasteiger partial charge in [-0.3, -0.25) is 9.78 Å². The van der Waals surface area contributed by atoms with Crippen molar-refractivity contribution in [3.8, 4) is 6.07 Å². The zero-order valence-electron chi connectivity index (χ0n) is 10.1. The number of pyridine rings is 1. The molecule has 1 amide bonds. The van der Waals surface area contributed by atoms with Gasteiger partial charge in [-0.15, -0.1) is 11.3 Å². The van der Waals surface area contributed by atoms with E-state index < -0.39 is 0 Å². The quantitative estimate of drug-likeness (QED) is 0.866. The Morgan fingerprint density at radius 2 is 2.42 bits per heavy atom. The van der Waals surface area contributed by atoms with Crippen LogP contribution in [-0.4, -0.2) is 22.8 Å². The van der Waals surface area contributed by atoms with Crippen molar-refractivity contribution in [1.82, 2.24) is 9.88 Å². The summed E-state index contributed by atoms with van der Waals surface area (Å²) in [7, 11) is 1.71. The molecule has 6 heteroatoms. The van der Waals surface area contributed by atoms with Crippen molar-refractivity contribution in [2.24, 2.45) is 0 Å². The van der Waals surface area contributed by atoms with E-state index in [1.807, 2.05) is 17.5 Å². The van der Waals surface area contributed by atoms with Gasteiger partial charge in [0.05, 0.1) is 17.7 Å². The van der Waals surface area contributed by atoms with E-state index in [0.29, 0.717) is 17.7 Å². The van der Waals surface area contributed by atoms with Crippen molar-refractivity contribution in [2.75, 3.05) is 7.05 Å². The summed E-state index contributed by atoms with van der Waals surface area (Å²) in [6.07, 6.45) is 2.94. The van der Waals surface area contributed by atoms with Gasteiger partial charge in [0.2, 0.25) is 0 Å². The van der Waals surface area contributed by atoms with Crippen molar-refractivity contribution in [1.29, 1.82) is 5.26 Å². The number of nitriles is 1. The first-order valence-corrected chi connectivity index (χ1v) is 7.11. The van der Waals surface area contributed by atoms with Crippen molar-refractivity contribution in [2.45, 2.75) is 6.54 Å². The Morgan fingerprint density at radius 3 is 3.05 bits per heavy atom. The van der Waals surface area contributed by atoms with Crippen molar-refractivity contribution in [3.63, 3.8) is 0 Å². The van der Waals surface area contributed by atoms with Gasteiger partial charge in [-0.25, -0.2) is 0 Å². The summed E-state index contributed by atoms with van der Waals surface area (Å²) in [6, 6.07) is 5.53. The molecule has 0 unspecified atom stereocenters. The highest BCUT2D eigenvalue weighted by Gasteiger charge is 2.16. The summed E-state index contributed by atoms with van der Waals surface area (Å²) in [5.74, 6) is -0.200. The number of hydrogen-bond donors (Lipinski definition) is 0. The molecule has 2 heterocycles. The lowest BCUT2D eigenvalue weighted by atomic mass is 10.1. The third kappa shape index (κ3) is 3.19. The SMILES string of the molecule is CN(Cc1cc(Br)cs1)C(=O)c1cnccc1C#N. The van der Waals surface area contributed by atoms with Crippen molar-refractivity contribution >= 4 is 33.2 Å². The second kappa shape index (κ2) is 5.95. The Bertz CT molecular complexity index is 647. The number of halogens is 1. The van der Waals surface area contributed by atoms with Gasteiger partial charge in [0.1, 0.15) is 6.07 Å². The van der Waals surface area contributed by atoms with E-state index in [1.165, 1.54) is 12.4 Å². The molecule has 19 heavy (non-hydrogen) atoms. The van der Waals surface area contributed by atoms with Gasteiger partial charge in [0, 0.05) is 34.2 Å². The van der Waals surface area contributed by atoms with Crippen LogP contribution in [-0.2, 0) is 6.54 Å². The Balaban J connectivity index is 2.17. The highest BCUT2D eigenvalue weighted by Crippen LogP contribution is 2.21. The standard InChI is InChI=1S/C13H10BrN3OS/c1-17(7-11-4-10(14)8-19-11)13(18)12-6-16-3-2-9(12)5-15/h2-4,6,8H,7H2,1H3. The molecule has 0 spiro atoms. The van der Waals surface area contributed by atoms with Crippen LogP contribution >= 0.6 is 27.3 Å². The van der Waals surface area contributed by atoms with Crippen LogP contribution in [0.4, 0.5) is 0 Å². The van der Waals surface area contributed by atoms with Gasteiger partial charge in [-0.05, 0) is 28.1 Å². The highest BCUT2D eigenvalue weighted by molar-refractivity contribution is 9.10. The summed E-state index contributed by atoms with van der Waals surface area (Å²) in [6.45, 7) is 0.509. The third-order valence-corrected chi connectivity index (χ3v) is 4.22. The van der Waals surface area contributed by atoms with E-state index >= 15 is 0 Å². The number of nitrogens with zero attached hydrogens (tertiary/aromatic N) is 3. The first-order valence-electron chi connectivity index (χ1n) is 5.44. The molecule has 0 atom stereocenters. The Kier molecular flexibility index (Phi) is 4.30. The second-order valence-electron chi connectivity index (χ2n) is 3.93. The van der Waals surface area contributed by atoms with E-state index in [-0.39, 0.29) is 5.91 Å². The number of amides is 1. The topological polar surface area (TPSA) is 57.0 Å². The van der Waals surface area contributed by atoms with Gasteiger partial charge in [-0.1, -0.05) is 0 Å². The van der Waals surface area contributed by atoms with E-state index in [0.717, 1.165) is 9.35 Å². The van der Waals surface area contributed by atoms with Gasteiger partial charge >= 0.3 is 0 Å². The summed E-state index contributed by atoms with van der Waals surface area (Å²) in [4.78, 5) is 18.8. The van der Waals surface area contributed by atoms with Gasteiger partial charge in [0.15, 0.2) is 0 Å². The largest absolute Gasteiger partial charge is 0.336 e. The maximum atomic E-state index is 12.3. The van der Waals surface area contributed by atoms with Gasteiger partial charge in [-0.2, -0.15) is 5.26 Å². The third-order valence-electron chi connectivity index (χ3n) is 2.53. The van der Waals surface area contributed by atoms with Crippen LogP contribution in [0, 0.1) is 11.3 Å². The molecule has 0 bridgehead atoms. The number of rotatable bonds is 3. The number of carbonyl (C=O) groups is 1. The first kappa shape index (κ1) is 13.7. The van der Waals surface area contributed by atoms with Gasteiger partial charge < -0.3 is 4.90 Å². The first-order chi connectivity index (χ1) is 9.11. The highest BCUT2D eigenvalue weighted by atomic mass is 79.9. The molecule has 2 aromatic rings. The van der Waals surface area contributed by atoms with Crippen molar-refractivity contribution < 1.29 is 4.79 Å².